The van der Waals surface area contributed by atoms with Gasteiger partial charge in [0.05, 0.1) is 16.6 Å². The molecule has 0 aliphatic heterocycles. The van der Waals surface area contributed by atoms with Crippen molar-refractivity contribution in [3.63, 3.8) is 0 Å². The molecule has 0 aromatic heterocycles. The van der Waals surface area contributed by atoms with Gasteiger partial charge in [0, 0.05) is 12.6 Å². The number of amides is 1. The van der Waals surface area contributed by atoms with E-state index in [0.29, 0.717) is 0 Å². The van der Waals surface area contributed by atoms with Crippen molar-refractivity contribution in [2.75, 3.05) is 6.54 Å². The van der Waals surface area contributed by atoms with Crippen molar-refractivity contribution in [3.8, 4) is 0 Å². The van der Waals surface area contributed by atoms with E-state index in [0.717, 1.165) is 12.8 Å². The van der Waals surface area contributed by atoms with Crippen LogP contribution in [0.3, 0.4) is 0 Å². The van der Waals surface area contributed by atoms with Crippen LogP contribution in [0, 0.1) is 16.0 Å². The van der Waals surface area contributed by atoms with Gasteiger partial charge in [-0.25, -0.2) is 0 Å². The number of aliphatic hydroxyl groups excluding tert-OH is 1. The van der Waals surface area contributed by atoms with Gasteiger partial charge >= 0.3 is 0 Å². The zero-order valence-electron chi connectivity index (χ0n) is 12.0. The monoisotopic (exact) mass is 314 g/mol. The topological polar surface area (TPSA) is 92.5 Å². The standard InChI is InChI=1S/C14H19ClN2O4/c1-3-9(4-2)12(18)8-16-14(19)10-6-5-7-11(13(10)15)17(20)21/h5-7,9,12,18H,3-4,8H2,1-2H3,(H,16,19). The van der Waals surface area contributed by atoms with Crippen molar-refractivity contribution in [1.82, 2.24) is 5.32 Å². The van der Waals surface area contributed by atoms with Gasteiger partial charge in [0.2, 0.25) is 0 Å². The fourth-order valence-corrected chi connectivity index (χ4v) is 2.41. The quantitative estimate of drug-likeness (QED) is 0.598. The molecule has 7 heteroatoms. The lowest BCUT2D eigenvalue weighted by molar-refractivity contribution is -0.384. The molecule has 0 radical (unpaired) electrons. The molecule has 116 valence electrons. The number of aliphatic hydroxyl groups is 1. The van der Waals surface area contributed by atoms with Gasteiger partial charge in [0.1, 0.15) is 5.02 Å². The number of halogens is 1. The molecule has 2 N–H and O–H groups in total. The normalized spacial score (nSPS) is 12.2. The molecule has 0 spiro atoms. The number of nitro groups is 1. The van der Waals surface area contributed by atoms with Crippen LogP contribution in [-0.4, -0.2) is 28.6 Å². The van der Waals surface area contributed by atoms with Crippen LogP contribution in [0.15, 0.2) is 18.2 Å². The first-order valence-corrected chi connectivity index (χ1v) is 7.19. The first-order valence-electron chi connectivity index (χ1n) is 6.81. The minimum atomic E-state index is -0.651. The molecule has 1 unspecified atom stereocenters. The molecule has 0 heterocycles. The zero-order valence-corrected chi connectivity index (χ0v) is 12.8. The first-order chi connectivity index (χ1) is 9.92. The number of nitro benzene ring substituents is 1. The summed E-state index contributed by atoms with van der Waals surface area (Å²) in [7, 11) is 0. The maximum atomic E-state index is 12.0. The third-order valence-electron chi connectivity index (χ3n) is 3.48. The Kier molecular flexibility index (Phi) is 6.58. The van der Waals surface area contributed by atoms with Gasteiger partial charge < -0.3 is 10.4 Å². The number of rotatable bonds is 7. The maximum absolute atomic E-state index is 12.0. The Bertz CT molecular complexity index is 518. The van der Waals surface area contributed by atoms with Crippen LogP contribution in [0.25, 0.3) is 0 Å². The molecule has 1 amide bonds. The Hall–Kier alpha value is -1.66. The summed E-state index contributed by atoms with van der Waals surface area (Å²) in [6.07, 6.45) is 0.970. The van der Waals surface area contributed by atoms with E-state index >= 15 is 0 Å². The first kappa shape index (κ1) is 17.4. The smallest absolute Gasteiger partial charge is 0.288 e. The molecule has 1 atom stereocenters. The molecule has 0 fully saturated rings. The molecule has 0 saturated heterocycles. The van der Waals surface area contributed by atoms with Gasteiger partial charge in [-0.15, -0.1) is 0 Å². The van der Waals surface area contributed by atoms with Gasteiger partial charge in [-0.05, 0) is 12.0 Å². The van der Waals surface area contributed by atoms with E-state index in [1.807, 2.05) is 13.8 Å². The molecule has 0 aliphatic carbocycles. The highest BCUT2D eigenvalue weighted by Gasteiger charge is 2.21. The van der Waals surface area contributed by atoms with Crippen molar-refractivity contribution in [3.05, 3.63) is 38.9 Å². The van der Waals surface area contributed by atoms with Crippen molar-refractivity contribution in [2.24, 2.45) is 5.92 Å². The Morgan fingerprint density at radius 2 is 2.05 bits per heavy atom. The van der Waals surface area contributed by atoms with E-state index in [1.54, 1.807) is 0 Å². The number of carbonyl (C=O) groups excluding carboxylic acids is 1. The number of carbonyl (C=O) groups is 1. The molecule has 21 heavy (non-hydrogen) atoms. The molecule has 1 aromatic rings. The SMILES string of the molecule is CCC(CC)C(O)CNC(=O)c1cccc([N+](=O)[O-])c1Cl. The van der Waals surface area contributed by atoms with Crippen LogP contribution in [0.1, 0.15) is 37.0 Å². The number of hydrogen-bond acceptors (Lipinski definition) is 4. The highest BCUT2D eigenvalue weighted by atomic mass is 35.5. The summed E-state index contributed by atoms with van der Waals surface area (Å²) in [4.78, 5) is 22.2. The minimum absolute atomic E-state index is 0.0302. The van der Waals surface area contributed by atoms with Gasteiger partial charge in [-0.3, -0.25) is 14.9 Å². The largest absolute Gasteiger partial charge is 0.391 e. The van der Waals surface area contributed by atoms with Crippen LogP contribution in [0.2, 0.25) is 5.02 Å². The maximum Gasteiger partial charge on any atom is 0.288 e. The molecule has 1 aromatic carbocycles. The molecular formula is C14H19ClN2O4. The van der Waals surface area contributed by atoms with E-state index in [2.05, 4.69) is 5.32 Å². The highest BCUT2D eigenvalue weighted by molar-refractivity contribution is 6.35. The third kappa shape index (κ3) is 4.41. The zero-order chi connectivity index (χ0) is 16.0. The number of benzene rings is 1. The fourth-order valence-electron chi connectivity index (χ4n) is 2.13. The van der Waals surface area contributed by atoms with E-state index in [9.17, 15) is 20.0 Å². The molecule has 0 saturated carbocycles. The lowest BCUT2D eigenvalue weighted by Gasteiger charge is -2.20. The van der Waals surface area contributed by atoms with E-state index < -0.39 is 16.9 Å². The van der Waals surface area contributed by atoms with Crippen molar-refractivity contribution < 1.29 is 14.8 Å². The van der Waals surface area contributed by atoms with Gasteiger partial charge in [0.25, 0.3) is 11.6 Å². The van der Waals surface area contributed by atoms with Crippen LogP contribution < -0.4 is 5.32 Å². The van der Waals surface area contributed by atoms with Gasteiger partial charge in [0.15, 0.2) is 0 Å². The Morgan fingerprint density at radius 1 is 1.43 bits per heavy atom. The molecular weight excluding hydrogens is 296 g/mol. The summed E-state index contributed by atoms with van der Waals surface area (Å²) in [5, 5.41) is 23.1. The van der Waals surface area contributed by atoms with Crippen LogP contribution in [-0.2, 0) is 0 Å². The van der Waals surface area contributed by atoms with E-state index in [1.165, 1.54) is 18.2 Å². The summed E-state index contributed by atoms with van der Waals surface area (Å²) in [6.45, 7) is 4.03. The summed E-state index contributed by atoms with van der Waals surface area (Å²) in [5.74, 6) is -0.431. The predicted octanol–water partition coefficient (Wildman–Crippen LogP) is 2.78. The second-order valence-corrected chi connectivity index (χ2v) is 5.13. The number of hydrogen-bond donors (Lipinski definition) is 2. The Balaban J connectivity index is 2.77. The highest BCUT2D eigenvalue weighted by Crippen LogP contribution is 2.27. The summed E-state index contributed by atoms with van der Waals surface area (Å²) in [6, 6.07) is 4.04. The van der Waals surface area contributed by atoms with Crippen LogP contribution in [0.4, 0.5) is 5.69 Å². The second kappa shape index (κ2) is 7.95. The molecule has 1 rings (SSSR count). The summed E-state index contributed by atoms with van der Waals surface area (Å²) < 4.78 is 0. The van der Waals surface area contributed by atoms with Gasteiger partial charge in [-0.1, -0.05) is 44.4 Å². The minimum Gasteiger partial charge on any atom is -0.391 e. The summed E-state index contributed by atoms with van der Waals surface area (Å²) >= 11 is 5.87. The third-order valence-corrected chi connectivity index (χ3v) is 3.88. The lowest BCUT2D eigenvalue weighted by Crippen LogP contribution is -2.36. The van der Waals surface area contributed by atoms with Crippen LogP contribution >= 0.6 is 11.6 Å². The Morgan fingerprint density at radius 3 is 2.57 bits per heavy atom. The second-order valence-electron chi connectivity index (χ2n) is 4.75. The molecule has 6 nitrogen and oxygen atoms in total. The fraction of sp³-hybridized carbons (Fsp3) is 0.500. The molecule has 0 aliphatic rings. The van der Waals surface area contributed by atoms with E-state index in [4.69, 9.17) is 11.6 Å². The Labute approximate surface area is 128 Å². The average Bonchev–Trinajstić information content (AvgIpc) is 2.46. The van der Waals surface area contributed by atoms with Crippen molar-refractivity contribution in [1.29, 1.82) is 0 Å². The lowest BCUT2D eigenvalue weighted by atomic mass is 9.96. The predicted molar refractivity (Wildman–Crippen MR) is 80.5 cm³/mol. The number of nitrogens with one attached hydrogen (secondary N) is 1. The molecule has 0 bridgehead atoms. The van der Waals surface area contributed by atoms with E-state index in [-0.39, 0.29) is 28.7 Å². The van der Waals surface area contributed by atoms with Crippen molar-refractivity contribution >= 4 is 23.2 Å². The summed E-state index contributed by atoms with van der Waals surface area (Å²) in [5.41, 5.74) is -0.285. The van der Waals surface area contributed by atoms with Crippen LogP contribution in [0.5, 0.6) is 0 Å². The van der Waals surface area contributed by atoms with Gasteiger partial charge in [-0.2, -0.15) is 0 Å². The number of nitrogens with zero attached hydrogens (tertiary/aromatic N) is 1. The average molecular weight is 315 g/mol. The van der Waals surface area contributed by atoms with Crippen molar-refractivity contribution in [2.45, 2.75) is 32.8 Å².